The monoisotopic (exact) mass is 380 g/mol. The van der Waals surface area contributed by atoms with Crippen molar-refractivity contribution in [2.45, 2.75) is 26.4 Å². The van der Waals surface area contributed by atoms with Crippen LogP contribution in [0.15, 0.2) is 53.5 Å². The Bertz CT molecular complexity index is 1240. The first kappa shape index (κ1) is 17.5. The number of ether oxygens (including phenoxy) is 1. The third kappa shape index (κ3) is 3.17. The minimum Gasteiger partial charge on any atom is -0.443 e. The molecule has 0 saturated heterocycles. The van der Waals surface area contributed by atoms with Gasteiger partial charge in [-0.15, -0.1) is 0 Å². The molecule has 0 radical (unpaired) electrons. The van der Waals surface area contributed by atoms with Crippen LogP contribution in [0.25, 0.3) is 32.2 Å². The van der Waals surface area contributed by atoms with E-state index in [1.165, 1.54) is 15.9 Å². The third-order valence-corrected chi connectivity index (χ3v) is 5.40. The molecule has 0 bridgehead atoms. The second-order valence-corrected chi connectivity index (χ2v) is 8.54. The third-order valence-electron chi connectivity index (χ3n) is 4.41. The molecule has 0 unspecified atom stereocenters. The first-order valence-corrected chi connectivity index (χ1v) is 9.49. The summed E-state index contributed by atoms with van der Waals surface area (Å²) in [4.78, 5) is 24.3. The maximum atomic E-state index is 12.4. The Morgan fingerprint density at radius 2 is 1.67 bits per heavy atom. The van der Waals surface area contributed by atoms with Crippen LogP contribution in [0.1, 0.15) is 20.8 Å². The highest BCUT2D eigenvalue weighted by atomic mass is 32.1. The molecule has 138 valence electrons. The summed E-state index contributed by atoms with van der Waals surface area (Å²) in [5, 5.41) is 0.958. The van der Waals surface area contributed by atoms with Gasteiger partial charge in [0.05, 0.1) is 15.7 Å². The molecule has 6 heteroatoms. The number of thiazole rings is 1. The lowest BCUT2D eigenvalue weighted by Crippen LogP contribution is -2.26. The first-order valence-electron chi connectivity index (χ1n) is 8.67. The molecule has 0 fully saturated rings. The van der Waals surface area contributed by atoms with E-state index in [-0.39, 0.29) is 11.0 Å². The highest BCUT2D eigenvalue weighted by Gasteiger charge is 2.19. The van der Waals surface area contributed by atoms with Crippen molar-refractivity contribution in [3.05, 3.63) is 58.3 Å². The molecule has 0 atom stereocenters. The Morgan fingerprint density at radius 1 is 1.00 bits per heavy atom. The van der Waals surface area contributed by atoms with Gasteiger partial charge in [0.2, 0.25) is 0 Å². The van der Waals surface area contributed by atoms with Gasteiger partial charge in [0.1, 0.15) is 5.60 Å². The molecule has 27 heavy (non-hydrogen) atoms. The molecular formula is C21H20N2O3S. The normalized spacial score (nSPS) is 12.0. The van der Waals surface area contributed by atoms with E-state index in [4.69, 9.17) is 4.74 Å². The average molecular weight is 380 g/mol. The number of benzene rings is 2. The highest BCUT2D eigenvalue weighted by molar-refractivity contribution is 7.16. The van der Waals surface area contributed by atoms with Crippen LogP contribution < -0.4 is 4.87 Å². The zero-order valence-corrected chi connectivity index (χ0v) is 16.5. The van der Waals surface area contributed by atoms with Crippen LogP contribution in [0.4, 0.5) is 4.79 Å². The van der Waals surface area contributed by atoms with Crippen LogP contribution in [0.2, 0.25) is 0 Å². The predicted octanol–water partition coefficient (Wildman–Crippen LogP) is 5.00. The fourth-order valence-electron chi connectivity index (χ4n) is 3.11. The molecule has 2 heterocycles. The van der Waals surface area contributed by atoms with E-state index in [1.807, 2.05) is 63.2 Å². The minimum absolute atomic E-state index is 0.0343. The zero-order valence-electron chi connectivity index (χ0n) is 15.6. The number of hydrogen-bond acceptors (Lipinski definition) is 4. The Hall–Kier alpha value is -2.86. The van der Waals surface area contributed by atoms with Crippen molar-refractivity contribution in [1.29, 1.82) is 0 Å². The van der Waals surface area contributed by atoms with Crippen molar-refractivity contribution in [2.24, 2.45) is 7.05 Å². The molecule has 2 aromatic heterocycles. The van der Waals surface area contributed by atoms with E-state index < -0.39 is 5.60 Å². The lowest BCUT2D eigenvalue weighted by Gasteiger charge is -2.19. The van der Waals surface area contributed by atoms with Gasteiger partial charge in [-0.1, -0.05) is 23.5 Å². The average Bonchev–Trinajstić information content (AvgIpc) is 3.14. The fraction of sp³-hybridized carbons (Fsp3) is 0.238. The van der Waals surface area contributed by atoms with Crippen molar-refractivity contribution in [3.63, 3.8) is 0 Å². The van der Waals surface area contributed by atoms with Gasteiger partial charge in [-0.3, -0.25) is 9.36 Å². The number of fused-ring (bicyclic) bond motifs is 2. The Labute approximate surface area is 160 Å². The molecule has 0 aliphatic rings. The van der Waals surface area contributed by atoms with Gasteiger partial charge in [0.15, 0.2) is 0 Å². The molecule has 5 nitrogen and oxygen atoms in total. The van der Waals surface area contributed by atoms with Gasteiger partial charge in [0, 0.05) is 18.6 Å². The predicted molar refractivity (Wildman–Crippen MR) is 110 cm³/mol. The van der Waals surface area contributed by atoms with Crippen molar-refractivity contribution < 1.29 is 9.53 Å². The van der Waals surface area contributed by atoms with E-state index in [9.17, 15) is 9.59 Å². The van der Waals surface area contributed by atoms with Crippen LogP contribution in [0.5, 0.6) is 0 Å². The Kier molecular flexibility index (Phi) is 3.96. The van der Waals surface area contributed by atoms with Crippen molar-refractivity contribution in [2.75, 3.05) is 0 Å². The lowest BCUT2D eigenvalue weighted by molar-refractivity contribution is 0.0544. The Morgan fingerprint density at radius 3 is 2.37 bits per heavy atom. The molecule has 4 aromatic rings. The van der Waals surface area contributed by atoms with E-state index in [2.05, 4.69) is 0 Å². The van der Waals surface area contributed by atoms with Gasteiger partial charge >= 0.3 is 11.0 Å². The van der Waals surface area contributed by atoms with Crippen LogP contribution in [0.3, 0.4) is 0 Å². The Balaban J connectivity index is 1.74. The van der Waals surface area contributed by atoms with E-state index in [0.717, 1.165) is 32.2 Å². The quantitative estimate of drug-likeness (QED) is 0.467. The molecule has 0 aliphatic heterocycles. The highest BCUT2D eigenvalue weighted by Crippen LogP contribution is 2.29. The van der Waals surface area contributed by atoms with Gasteiger partial charge in [-0.25, -0.2) is 4.79 Å². The maximum absolute atomic E-state index is 12.4. The summed E-state index contributed by atoms with van der Waals surface area (Å²) in [6.45, 7) is 5.55. The van der Waals surface area contributed by atoms with Gasteiger partial charge < -0.3 is 9.30 Å². The first-order chi connectivity index (χ1) is 12.7. The maximum Gasteiger partial charge on any atom is 0.418 e. The summed E-state index contributed by atoms with van der Waals surface area (Å²) >= 11 is 1.25. The molecule has 0 N–H and O–H groups in total. The molecule has 2 aromatic carbocycles. The van der Waals surface area contributed by atoms with Gasteiger partial charge in [-0.2, -0.15) is 0 Å². The summed E-state index contributed by atoms with van der Waals surface area (Å²) in [5.74, 6) is 0. The van der Waals surface area contributed by atoms with E-state index in [1.54, 1.807) is 17.8 Å². The van der Waals surface area contributed by atoms with Gasteiger partial charge in [0.25, 0.3) is 0 Å². The molecule has 0 aliphatic carbocycles. The van der Waals surface area contributed by atoms with Crippen LogP contribution in [-0.2, 0) is 11.8 Å². The SMILES string of the molecule is Cn1c(=O)sc2cc(-c3ccc4c(ccn4C(=O)OC(C)(C)C)c3)ccc21. The minimum atomic E-state index is -0.541. The summed E-state index contributed by atoms with van der Waals surface area (Å²) in [6.07, 6.45) is 1.34. The summed E-state index contributed by atoms with van der Waals surface area (Å²) in [6, 6.07) is 13.9. The topological polar surface area (TPSA) is 53.2 Å². The second kappa shape index (κ2) is 6.09. The van der Waals surface area contributed by atoms with Gasteiger partial charge in [-0.05, 0) is 62.2 Å². The van der Waals surface area contributed by atoms with Crippen molar-refractivity contribution in [1.82, 2.24) is 9.13 Å². The number of carbonyl (C=O) groups is 1. The standard InChI is InChI=1S/C21H20N2O3S/c1-21(2,3)26-19(24)23-10-9-15-11-13(5-7-16(15)23)14-6-8-17-18(12-14)27-20(25)22(17)4/h5-12H,1-4H3. The molecule has 0 saturated carbocycles. The van der Waals surface area contributed by atoms with Crippen LogP contribution >= 0.6 is 11.3 Å². The van der Waals surface area contributed by atoms with Crippen molar-refractivity contribution in [3.8, 4) is 11.1 Å². The van der Waals surface area contributed by atoms with Crippen LogP contribution in [-0.4, -0.2) is 20.8 Å². The number of rotatable bonds is 1. The number of aryl methyl sites for hydroxylation is 1. The number of carbonyl (C=O) groups excluding carboxylic acids is 1. The lowest BCUT2D eigenvalue weighted by atomic mass is 10.0. The smallest absolute Gasteiger partial charge is 0.418 e. The van der Waals surface area contributed by atoms with E-state index in [0.29, 0.717) is 0 Å². The summed E-state index contributed by atoms with van der Waals surface area (Å²) in [7, 11) is 1.78. The number of aromatic nitrogens is 2. The fourth-order valence-corrected chi connectivity index (χ4v) is 4.02. The largest absolute Gasteiger partial charge is 0.443 e. The number of nitrogens with zero attached hydrogens (tertiary/aromatic N) is 2. The molecule has 0 spiro atoms. The molecule has 0 amide bonds. The van der Waals surface area contributed by atoms with Crippen molar-refractivity contribution >= 4 is 38.5 Å². The molecular weight excluding hydrogens is 360 g/mol. The number of hydrogen-bond donors (Lipinski definition) is 0. The summed E-state index contributed by atoms with van der Waals surface area (Å²) in [5.41, 5.74) is 3.27. The zero-order chi connectivity index (χ0) is 19.3. The second-order valence-electron chi connectivity index (χ2n) is 7.55. The summed E-state index contributed by atoms with van der Waals surface area (Å²) < 4.78 is 9.61. The van der Waals surface area contributed by atoms with Crippen LogP contribution in [0, 0.1) is 0 Å². The molecule has 4 rings (SSSR count). The van der Waals surface area contributed by atoms with E-state index >= 15 is 0 Å².